The fraction of sp³-hybridized carbons (Fsp3) is 0.158. The third-order valence-electron chi connectivity index (χ3n) is 3.88. The van der Waals surface area contributed by atoms with Crippen molar-refractivity contribution in [2.45, 2.75) is 13.8 Å². The van der Waals surface area contributed by atoms with E-state index in [-0.39, 0.29) is 0 Å². The van der Waals surface area contributed by atoms with Crippen LogP contribution in [0.3, 0.4) is 0 Å². The zero-order valence-electron chi connectivity index (χ0n) is 13.3. The maximum absolute atomic E-state index is 9.49. The molecule has 0 aliphatic heterocycles. The molecule has 3 rings (SSSR count). The summed E-state index contributed by atoms with van der Waals surface area (Å²) in [6, 6.07) is 13.9. The van der Waals surface area contributed by atoms with Crippen LogP contribution in [0.1, 0.15) is 22.5 Å². The quantitative estimate of drug-likeness (QED) is 0.736. The Hall–Kier alpha value is -3.06. The van der Waals surface area contributed by atoms with E-state index < -0.39 is 0 Å². The van der Waals surface area contributed by atoms with E-state index in [2.05, 4.69) is 36.0 Å². The van der Waals surface area contributed by atoms with Crippen LogP contribution in [0.15, 0.2) is 36.4 Å². The predicted octanol–water partition coefficient (Wildman–Crippen LogP) is 4.25. The second-order valence-corrected chi connectivity index (χ2v) is 5.49. The van der Waals surface area contributed by atoms with E-state index in [0.717, 1.165) is 22.3 Å². The first-order valence-electron chi connectivity index (χ1n) is 7.34. The summed E-state index contributed by atoms with van der Waals surface area (Å²) in [6.45, 7) is 4.12. The summed E-state index contributed by atoms with van der Waals surface area (Å²) in [5.41, 5.74) is 5.58. The number of methoxy groups -OCH3 is 1. The maximum atomic E-state index is 9.49. The number of aromatic amines is 1. The fourth-order valence-electron chi connectivity index (χ4n) is 2.45. The molecule has 3 aromatic rings. The minimum absolute atomic E-state index is 0.491. The Morgan fingerprint density at radius 2 is 2.00 bits per heavy atom. The topological polar surface area (TPSA) is 61.7 Å². The minimum atomic E-state index is 0.491. The van der Waals surface area contributed by atoms with Gasteiger partial charge in [-0.05, 0) is 60.9 Å². The van der Waals surface area contributed by atoms with Crippen molar-refractivity contribution in [3.63, 3.8) is 0 Å². The van der Waals surface area contributed by atoms with Gasteiger partial charge in [0.2, 0.25) is 0 Å². The molecule has 0 spiro atoms. The van der Waals surface area contributed by atoms with E-state index in [0.29, 0.717) is 11.4 Å². The van der Waals surface area contributed by atoms with E-state index in [1.807, 2.05) is 30.3 Å². The molecule has 2 aromatic carbocycles. The van der Waals surface area contributed by atoms with Crippen molar-refractivity contribution in [2.75, 3.05) is 7.11 Å². The Bertz CT molecular complexity index is 906. The molecular formula is C19H17N3O. The molecule has 0 saturated carbocycles. The van der Waals surface area contributed by atoms with Crippen LogP contribution in [0.4, 0.5) is 0 Å². The number of aromatic nitrogens is 2. The monoisotopic (exact) mass is 303 g/mol. The van der Waals surface area contributed by atoms with Crippen LogP contribution in [-0.4, -0.2) is 17.1 Å². The molecule has 4 nitrogen and oxygen atoms in total. The molecule has 0 bridgehead atoms. The van der Waals surface area contributed by atoms with Crippen molar-refractivity contribution < 1.29 is 4.74 Å². The number of rotatable bonds is 3. The Morgan fingerprint density at radius 3 is 2.74 bits per heavy atom. The molecule has 0 saturated heterocycles. The van der Waals surface area contributed by atoms with Crippen molar-refractivity contribution in [1.82, 2.24) is 9.97 Å². The number of ether oxygens (including phenoxy) is 1. The first-order valence-corrected chi connectivity index (χ1v) is 7.34. The highest BCUT2D eigenvalue weighted by Gasteiger charge is 2.09. The number of nitriles is 1. The van der Waals surface area contributed by atoms with Crippen LogP contribution < -0.4 is 4.74 Å². The third kappa shape index (κ3) is 2.95. The standard InChI is InChI=1S/C19H17N3O/c1-12-7-17-18(8-13(12)2)22-19(21-17)15(11-20)9-14-5-4-6-16(10-14)23-3/h4-10H,1-3H3,(H,21,22). The first kappa shape index (κ1) is 14.9. The Kier molecular flexibility index (Phi) is 3.86. The summed E-state index contributed by atoms with van der Waals surface area (Å²) in [5.74, 6) is 1.34. The van der Waals surface area contributed by atoms with Crippen molar-refractivity contribution >= 4 is 22.7 Å². The van der Waals surface area contributed by atoms with Gasteiger partial charge in [0.15, 0.2) is 0 Å². The van der Waals surface area contributed by atoms with Crippen LogP contribution in [0.25, 0.3) is 22.7 Å². The molecule has 1 N–H and O–H groups in total. The van der Waals surface area contributed by atoms with Gasteiger partial charge in [-0.1, -0.05) is 12.1 Å². The van der Waals surface area contributed by atoms with Gasteiger partial charge < -0.3 is 9.72 Å². The average molecular weight is 303 g/mol. The maximum Gasteiger partial charge on any atom is 0.149 e. The SMILES string of the molecule is COc1cccc(C=C(C#N)c2nc3cc(C)c(C)cc3[nH]2)c1. The van der Waals surface area contributed by atoms with Crippen molar-refractivity contribution in [2.24, 2.45) is 0 Å². The number of hydrogen-bond donors (Lipinski definition) is 1. The lowest BCUT2D eigenvalue weighted by atomic mass is 10.1. The highest BCUT2D eigenvalue weighted by Crippen LogP contribution is 2.23. The second-order valence-electron chi connectivity index (χ2n) is 5.49. The van der Waals surface area contributed by atoms with E-state index in [1.165, 1.54) is 11.1 Å². The number of nitrogens with one attached hydrogen (secondary N) is 1. The lowest BCUT2D eigenvalue weighted by molar-refractivity contribution is 0.414. The average Bonchev–Trinajstić information content (AvgIpc) is 2.95. The number of nitrogens with zero attached hydrogens (tertiary/aromatic N) is 2. The molecule has 0 radical (unpaired) electrons. The highest BCUT2D eigenvalue weighted by molar-refractivity contribution is 5.90. The lowest BCUT2D eigenvalue weighted by Gasteiger charge is -2.00. The summed E-state index contributed by atoms with van der Waals surface area (Å²) >= 11 is 0. The highest BCUT2D eigenvalue weighted by atomic mass is 16.5. The van der Waals surface area contributed by atoms with E-state index >= 15 is 0 Å². The number of benzene rings is 2. The van der Waals surface area contributed by atoms with E-state index in [9.17, 15) is 5.26 Å². The third-order valence-corrected chi connectivity index (χ3v) is 3.88. The largest absolute Gasteiger partial charge is 0.497 e. The molecule has 1 heterocycles. The Balaban J connectivity index is 2.07. The normalized spacial score (nSPS) is 11.5. The summed E-state index contributed by atoms with van der Waals surface area (Å²) in [4.78, 5) is 7.78. The smallest absolute Gasteiger partial charge is 0.149 e. The van der Waals surface area contributed by atoms with Crippen LogP contribution in [0.2, 0.25) is 0 Å². The molecule has 114 valence electrons. The molecule has 1 aromatic heterocycles. The molecular weight excluding hydrogens is 286 g/mol. The predicted molar refractivity (Wildman–Crippen MR) is 92.0 cm³/mol. The number of aryl methyl sites for hydroxylation is 2. The van der Waals surface area contributed by atoms with Gasteiger partial charge in [0.25, 0.3) is 0 Å². The zero-order valence-corrected chi connectivity index (χ0v) is 13.3. The number of allylic oxidation sites excluding steroid dienone is 1. The van der Waals surface area contributed by atoms with Crippen LogP contribution >= 0.6 is 0 Å². The van der Waals surface area contributed by atoms with Crippen molar-refractivity contribution in [3.05, 3.63) is 58.9 Å². The Morgan fingerprint density at radius 1 is 1.22 bits per heavy atom. The summed E-state index contributed by atoms with van der Waals surface area (Å²) < 4.78 is 5.21. The number of hydrogen-bond acceptors (Lipinski definition) is 3. The van der Waals surface area contributed by atoms with Crippen molar-refractivity contribution in [3.8, 4) is 11.8 Å². The van der Waals surface area contributed by atoms with Crippen LogP contribution in [0.5, 0.6) is 5.75 Å². The molecule has 0 unspecified atom stereocenters. The van der Waals surface area contributed by atoms with Gasteiger partial charge in [0, 0.05) is 0 Å². The van der Waals surface area contributed by atoms with Gasteiger partial charge in [-0.2, -0.15) is 5.26 Å². The number of imidazole rings is 1. The fourth-order valence-corrected chi connectivity index (χ4v) is 2.45. The van der Waals surface area contributed by atoms with Crippen LogP contribution in [0, 0.1) is 25.2 Å². The van der Waals surface area contributed by atoms with Gasteiger partial charge in [-0.3, -0.25) is 0 Å². The Labute approximate surface area is 135 Å². The lowest BCUT2D eigenvalue weighted by Crippen LogP contribution is -1.86. The molecule has 0 amide bonds. The van der Waals surface area contributed by atoms with Gasteiger partial charge in [-0.15, -0.1) is 0 Å². The zero-order chi connectivity index (χ0) is 16.4. The number of fused-ring (bicyclic) bond motifs is 1. The van der Waals surface area contributed by atoms with Crippen LogP contribution in [-0.2, 0) is 0 Å². The molecule has 0 fully saturated rings. The van der Waals surface area contributed by atoms with Gasteiger partial charge in [0.05, 0.1) is 23.7 Å². The van der Waals surface area contributed by atoms with E-state index in [4.69, 9.17) is 4.74 Å². The minimum Gasteiger partial charge on any atom is -0.497 e. The summed E-state index contributed by atoms with van der Waals surface area (Å²) in [7, 11) is 1.62. The van der Waals surface area contributed by atoms with E-state index in [1.54, 1.807) is 13.2 Å². The molecule has 0 aliphatic carbocycles. The van der Waals surface area contributed by atoms with Crippen molar-refractivity contribution in [1.29, 1.82) is 5.26 Å². The van der Waals surface area contributed by atoms with Gasteiger partial charge in [-0.25, -0.2) is 4.98 Å². The second kappa shape index (κ2) is 5.98. The molecule has 0 aliphatic rings. The molecule has 0 atom stereocenters. The van der Waals surface area contributed by atoms with Gasteiger partial charge in [0.1, 0.15) is 17.6 Å². The summed E-state index contributed by atoms with van der Waals surface area (Å²) in [6.07, 6.45) is 1.81. The number of H-pyrrole nitrogens is 1. The molecule has 4 heteroatoms. The molecule has 23 heavy (non-hydrogen) atoms. The summed E-state index contributed by atoms with van der Waals surface area (Å²) in [5, 5.41) is 9.49. The first-order chi connectivity index (χ1) is 11.1. The van der Waals surface area contributed by atoms with Gasteiger partial charge >= 0.3 is 0 Å².